The number of hydrogen-bond acceptors (Lipinski definition) is 1. The highest BCUT2D eigenvalue weighted by molar-refractivity contribution is 5.98. The van der Waals surface area contributed by atoms with Crippen LogP contribution in [0.15, 0.2) is 152 Å². The lowest BCUT2D eigenvalue weighted by Crippen LogP contribution is -2.16. The van der Waals surface area contributed by atoms with Gasteiger partial charge in [-0.25, -0.2) is 0 Å². The molecule has 4 aliphatic carbocycles. The van der Waals surface area contributed by atoms with Crippen LogP contribution in [-0.2, 0) is 5.41 Å². The Hall–Kier alpha value is -5.40. The van der Waals surface area contributed by atoms with Crippen LogP contribution in [0, 0.1) is 11.8 Å². The summed E-state index contributed by atoms with van der Waals surface area (Å²) in [4.78, 5) is 2.53. The van der Waals surface area contributed by atoms with Gasteiger partial charge in [0.15, 0.2) is 0 Å². The van der Waals surface area contributed by atoms with Crippen LogP contribution in [0.1, 0.15) is 106 Å². The zero-order valence-corrected chi connectivity index (χ0v) is 33.6. The average Bonchev–Trinajstić information content (AvgIpc) is 3.97. The molecule has 0 aliphatic heterocycles. The SMILES string of the molecule is CC1(C)c2ccc(-c3cccc4ccccc34)cc2-c2ccc(N(c3ccc(C4CC5CCC4C5)cc3)c3cccc(-c4ccccc4C4CCCCC4)c3)cc21. The van der Waals surface area contributed by atoms with Crippen LogP contribution in [0.25, 0.3) is 44.2 Å². The van der Waals surface area contributed by atoms with E-state index in [4.69, 9.17) is 0 Å². The molecule has 2 bridgehead atoms. The van der Waals surface area contributed by atoms with Crippen molar-refractivity contribution in [1.29, 1.82) is 0 Å². The van der Waals surface area contributed by atoms with E-state index >= 15 is 0 Å². The molecular formula is C56H53N. The third-order valence-corrected chi connectivity index (χ3v) is 14.8. The second kappa shape index (κ2) is 13.9. The van der Waals surface area contributed by atoms with Gasteiger partial charge in [-0.1, -0.05) is 149 Å². The number of hydrogen-bond donors (Lipinski definition) is 0. The van der Waals surface area contributed by atoms with Crippen molar-refractivity contribution in [3.63, 3.8) is 0 Å². The normalized spacial score (nSPS) is 20.8. The van der Waals surface area contributed by atoms with E-state index in [1.54, 1.807) is 0 Å². The van der Waals surface area contributed by atoms with Gasteiger partial charge >= 0.3 is 0 Å². The molecule has 1 nitrogen and oxygen atoms in total. The maximum atomic E-state index is 2.53. The summed E-state index contributed by atoms with van der Waals surface area (Å²) in [5.74, 6) is 3.19. The predicted octanol–water partition coefficient (Wildman–Crippen LogP) is 15.9. The van der Waals surface area contributed by atoms with E-state index in [1.165, 1.54) is 141 Å². The summed E-state index contributed by atoms with van der Waals surface area (Å²) in [6, 6.07) is 58.3. The third-order valence-electron chi connectivity index (χ3n) is 14.8. The molecule has 0 N–H and O–H groups in total. The molecule has 0 spiro atoms. The van der Waals surface area contributed by atoms with Gasteiger partial charge in [-0.2, -0.15) is 0 Å². The molecule has 4 aliphatic rings. The van der Waals surface area contributed by atoms with Gasteiger partial charge in [-0.3, -0.25) is 0 Å². The van der Waals surface area contributed by atoms with E-state index in [-0.39, 0.29) is 5.41 Å². The van der Waals surface area contributed by atoms with Crippen molar-refractivity contribution in [1.82, 2.24) is 0 Å². The van der Waals surface area contributed by atoms with E-state index in [2.05, 4.69) is 170 Å². The molecule has 7 aromatic carbocycles. The Balaban J connectivity index is 1.02. The van der Waals surface area contributed by atoms with Crippen molar-refractivity contribution >= 4 is 27.8 Å². The molecule has 282 valence electrons. The number of nitrogens with zero attached hydrogens (tertiary/aromatic N) is 1. The van der Waals surface area contributed by atoms with E-state index < -0.39 is 0 Å². The molecule has 0 amide bonds. The lowest BCUT2D eigenvalue weighted by molar-refractivity contribution is 0.420. The van der Waals surface area contributed by atoms with Gasteiger partial charge in [0.1, 0.15) is 0 Å². The van der Waals surface area contributed by atoms with Crippen LogP contribution >= 0.6 is 0 Å². The molecular weight excluding hydrogens is 687 g/mol. The lowest BCUT2D eigenvalue weighted by Gasteiger charge is -2.29. The van der Waals surface area contributed by atoms with Crippen molar-refractivity contribution in [3.05, 3.63) is 174 Å². The Morgan fingerprint density at radius 3 is 2.07 bits per heavy atom. The molecule has 3 fully saturated rings. The van der Waals surface area contributed by atoms with E-state index in [0.29, 0.717) is 5.92 Å². The minimum Gasteiger partial charge on any atom is -0.310 e. The molecule has 0 heterocycles. The molecule has 3 saturated carbocycles. The number of rotatable bonds is 7. The molecule has 0 saturated heterocycles. The highest BCUT2D eigenvalue weighted by atomic mass is 15.1. The summed E-state index contributed by atoms with van der Waals surface area (Å²) in [6.45, 7) is 4.83. The molecule has 11 rings (SSSR count). The van der Waals surface area contributed by atoms with Gasteiger partial charge in [0.05, 0.1) is 0 Å². The van der Waals surface area contributed by atoms with Crippen molar-refractivity contribution in [2.75, 3.05) is 4.90 Å². The fraction of sp³-hybridized carbons (Fsp3) is 0.286. The minimum atomic E-state index is -0.129. The summed E-state index contributed by atoms with van der Waals surface area (Å²) >= 11 is 0. The fourth-order valence-corrected chi connectivity index (χ4v) is 11.8. The summed E-state index contributed by atoms with van der Waals surface area (Å²) in [5.41, 5.74) is 17.4. The van der Waals surface area contributed by atoms with Gasteiger partial charge in [-0.05, 0) is 165 Å². The first kappa shape index (κ1) is 34.8. The molecule has 0 aromatic heterocycles. The maximum absolute atomic E-state index is 2.53. The highest BCUT2D eigenvalue weighted by Gasteiger charge is 2.40. The largest absolute Gasteiger partial charge is 0.310 e. The fourth-order valence-electron chi connectivity index (χ4n) is 11.8. The smallest absolute Gasteiger partial charge is 0.0467 e. The van der Waals surface area contributed by atoms with Gasteiger partial charge in [0.25, 0.3) is 0 Å². The Morgan fingerprint density at radius 1 is 0.491 bits per heavy atom. The summed E-state index contributed by atoms with van der Waals surface area (Å²) in [7, 11) is 0. The van der Waals surface area contributed by atoms with Gasteiger partial charge in [0.2, 0.25) is 0 Å². The summed E-state index contributed by atoms with van der Waals surface area (Å²) in [5, 5.41) is 2.59. The lowest BCUT2D eigenvalue weighted by atomic mass is 9.81. The van der Waals surface area contributed by atoms with E-state index in [9.17, 15) is 0 Å². The summed E-state index contributed by atoms with van der Waals surface area (Å²) < 4.78 is 0. The maximum Gasteiger partial charge on any atom is 0.0467 e. The van der Waals surface area contributed by atoms with Crippen LogP contribution in [0.4, 0.5) is 17.1 Å². The van der Waals surface area contributed by atoms with Crippen LogP contribution in [-0.4, -0.2) is 0 Å². The number of anilines is 3. The van der Waals surface area contributed by atoms with Gasteiger partial charge < -0.3 is 4.90 Å². The standard InChI is InChI=1S/C56H53N/c1-56(2)54-31-26-43(50-21-11-15-39-14-6-7-18-48(39)50)35-53(54)51-30-29-46(36-55(51)56)57(44-27-24-40(25-28-44)52-33-37-22-23-42(52)32-37)45-17-10-16-41(34-45)49-20-9-8-19-47(49)38-12-4-3-5-13-38/h6-11,14-21,24-31,34-38,42,52H,3-5,12-13,22-23,32-33H2,1-2H3. The number of fused-ring (bicyclic) bond motifs is 6. The van der Waals surface area contributed by atoms with Crippen LogP contribution < -0.4 is 4.90 Å². The first-order valence-electron chi connectivity index (χ1n) is 21.9. The van der Waals surface area contributed by atoms with Crippen LogP contribution in [0.5, 0.6) is 0 Å². The molecule has 0 radical (unpaired) electrons. The van der Waals surface area contributed by atoms with Crippen molar-refractivity contribution in [3.8, 4) is 33.4 Å². The molecule has 1 heteroatoms. The second-order valence-corrected chi connectivity index (χ2v) is 18.3. The number of benzene rings is 7. The van der Waals surface area contributed by atoms with Crippen molar-refractivity contribution < 1.29 is 0 Å². The summed E-state index contributed by atoms with van der Waals surface area (Å²) in [6.07, 6.45) is 12.3. The zero-order chi connectivity index (χ0) is 38.1. The Labute approximate surface area is 339 Å². The van der Waals surface area contributed by atoms with Crippen molar-refractivity contribution in [2.45, 2.75) is 88.9 Å². The first-order valence-corrected chi connectivity index (χ1v) is 21.9. The zero-order valence-electron chi connectivity index (χ0n) is 33.6. The predicted molar refractivity (Wildman–Crippen MR) is 241 cm³/mol. The molecule has 3 unspecified atom stereocenters. The Morgan fingerprint density at radius 2 is 1.23 bits per heavy atom. The third kappa shape index (κ3) is 5.96. The Kier molecular flexibility index (Phi) is 8.50. The average molecular weight is 740 g/mol. The Bertz CT molecular complexity index is 2620. The van der Waals surface area contributed by atoms with Gasteiger partial charge in [0, 0.05) is 22.5 Å². The topological polar surface area (TPSA) is 3.24 Å². The second-order valence-electron chi connectivity index (χ2n) is 18.3. The van der Waals surface area contributed by atoms with E-state index in [0.717, 1.165) is 17.8 Å². The first-order chi connectivity index (χ1) is 28.0. The molecule has 3 atom stereocenters. The van der Waals surface area contributed by atoms with Crippen molar-refractivity contribution in [2.24, 2.45) is 11.8 Å². The molecule has 7 aromatic rings. The van der Waals surface area contributed by atoms with Gasteiger partial charge in [-0.15, -0.1) is 0 Å². The van der Waals surface area contributed by atoms with Crippen LogP contribution in [0.2, 0.25) is 0 Å². The monoisotopic (exact) mass is 739 g/mol. The quantitative estimate of drug-likeness (QED) is 0.157. The minimum absolute atomic E-state index is 0.129. The van der Waals surface area contributed by atoms with Crippen LogP contribution in [0.3, 0.4) is 0 Å². The molecule has 57 heavy (non-hydrogen) atoms. The highest BCUT2D eigenvalue weighted by Crippen LogP contribution is 2.54. The van der Waals surface area contributed by atoms with E-state index in [1.807, 2.05) is 0 Å².